The second kappa shape index (κ2) is 5.99. The van der Waals surface area contributed by atoms with Gasteiger partial charge >= 0.3 is 12.0 Å². The summed E-state index contributed by atoms with van der Waals surface area (Å²) >= 11 is 0. The summed E-state index contributed by atoms with van der Waals surface area (Å²) in [6, 6.07) is 7.16. The van der Waals surface area contributed by atoms with Crippen molar-refractivity contribution in [3.63, 3.8) is 0 Å². The summed E-state index contributed by atoms with van der Waals surface area (Å²) in [5, 5.41) is 3.75. The molecule has 19 heavy (non-hydrogen) atoms. The number of carbonyl (C=O) groups excluding carboxylic acids is 1. The summed E-state index contributed by atoms with van der Waals surface area (Å²) in [5.74, 6) is 0.719. The monoisotopic (exact) mass is 262 g/mol. The zero-order valence-electron chi connectivity index (χ0n) is 10.8. The number of hydrogen-bond donors (Lipinski definition) is 0. The molecule has 2 aromatic rings. The molecule has 0 aliphatic carbocycles. The normalized spacial score (nSPS) is 10.2. The lowest BCUT2D eigenvalue weighted by atomic mass is 10.2. The lowest BCUT2D eigenvalue weighted by Crippen LogP contribution is -2.06. The molecule has 1 aromatic carbocycles. The molecular formula is C13H14N2O4. The van der Waals surface area contributed by atoms with E-state index in [1.54, 1.807) is 31.4 Å². The van der Waals surface area contributed by atoms with Crippen LogP contribution in [0.2, 0.25) is 0 Å². The molecule has 100 valence electrons. The highest BCUT2D eigenvalue weighted by molar-refractivity contribution is 5.71. The minimum absolute atomic E-state index is 0.135. The molecule has 0 saturated heterocycles. The molecule has 0 aliphatic rings. The molecule has 1 heterocycles. The number of benzene rings is 1. The Morgan fingerprint density at radius 3 is 2.68 bits per heavy atom. The van der Waals surface area contributed by atoms with Gasteiger partial charge in [0.25, 0.3) is 0 Å². The second-order valence-electron chi connectivity index (χ2n) is 3.84. The van der Waals surface area contributed by atoms with Gasteiger partial charge in [-0.3, -0.25) is 9.32 Å². The molecule has 1 aromatic heterocycles. The van der Waals surface area contributed by atoms with E-state index in [0.29, 0.717) is 18.7 Å². The fraction of sp³-hybridized carbons (Fsp3) is 0.308. The summed E-state index contributed by atoms with van der Waals surface area (Å²) in [7, 11) is 1.59. The third-order valence-electron chi connectivity index (χ3n) is 2.41. The zero-order valence-corrected chi connectivity index (χ0v) is 10.8. The number of esters is 1. The van der Waals surface area contributed by atoms with Crippen molar-refractivity contribution < 1.29 is 18.8 Å². The average molecular weight is 262 g/mol. The maximum absolute atomic E-state index is 11.3. The van der Waals surface area contributed by atoms with Gasteiger partial charge in [0.1, 0.15) is 5.75 Å². The number of aromatic nitrogens is 2. The van der Waals surface area contributed by atoms with Crippen LogP contribution in [-0.2, 0) is 4.79 Å². The molecular weight excluding hydrogens is 248 g/mol. The molecule has 0 bridgehead atoms. The molecule has 0 N–H and O–H groups in total. The lowest BCUT2D eigenvalue weighted by Gasteiger charge is -1.98. The second-order valence-corrected chi connectivity index (χ2v) is 3.84. The first-order valence-electron chi connectivity index (χ1n) is 5.91. The standard InChI is InChI=1S/C13H14N2O4/c1-3-4-11(16)18-13-14-12(15-19-13)9-5-7-10(17-2)8-6-9/h5-8H,3-4H2,1-2H3. The summed E-state index contributed by atoms with van der Waals surface area (Å²) in [4.78, 5) is 15.3. The van der Waals surface area contributed by atoms with Crippen molar-refractivity contribution >= 4 is 5.97 Å². The highest BCUT2D eigenvalue weighted by Gasteiger charge is 2.12. The van der Waals surface area contributed by atoms with Gasteiger partial charge in [-0.05, 0) is 30.7 Å². The van der Waals surface area contributed by atoms with Gasteiger partial charge in [-0.25, -0.2) is 0 Å². The predicted molar refractivity (Wildman–Crippen MR) is 66.8 cm³/mol. The van der Waals surface area contributed by atoms with E-state index in [1.165, 1.54) is 0 Å². The fourth-order valence-electron chi connectivity index (χ4n) is 1.46. The Bertz CT molecular complexity index is 548. The number of nitrogens with zero attached hydrogens (tertiary/aromatic N) is 2. The Hall–Kier alpha value is -2.37. The molecule has 6 nitrogen and oxygen atoms in total. The van der Waals surface area contributed by atoms with Gasteiger partial charge in [-0.2, -0.15) is 4.98 Å². The van der Waals surface area contributed by atoms with Crippen molar-refractivity contribution in [2.75, 3.05) is 7.11 Å². The van der Waals surface area contributed by atoms with Gasteiger partial charge in [0, 0.05) is 12.0 Å². The molecule has 0 aliphatic heterocycles. The average Bonchev–Trinajstić information content (AvgIpc) is 2.87. The van der Waals surface area contributed by atoms with Crippen LogP contribution in [0.15, 0.2) is 28.8 Å². The van der Waals surface area contributed by atoms with Crippen molar-refractivity contribution in [1.82, 2.24) is 10.1 Å². The number of hydrogen-bond acceptors (Lipinski definition) is 6. The van der Waals surface area contributed by atoms with E-state index in [9.17, 15) is 4.79 Å². The molecule has 2 rings (SSSR count). The van der Waals surface area contributed by atoms with E-state index in [4.69, 9.17) is 14.0 Å². The van der Waals surface area contributed by atoms with E-state index in [-0.39, 0.29) is 12.0 Å². The number of ether oxygens (including phenoxy) is 2. The first kappa shape index (κ1) is 13.1. The van der Waals surface area contributed by atoms with Gasteiger partial charge < -0.3 is 9.47 Å². The summed E-state index contributed by atoms with van der Waals surface area (Å²) < 4.78 is 14.8. The largest absolute Gasteiger partial charge is 0.497 e. The Kier molecular flexibility index (Phi) is 4.12. The van der Waals surface area contributed by atoms with E-state index >= 15 is 0 Å². The minimum Gasteiger partial charge on any atom is -0.497 e. The highest BCUT2D eigenvalue weighted by atomic mass is 16.7. The third kappa shape index (κ3) is 3.31. The molecule has 0 radical (unpaired) electrons. The van der Waals surface area contributed by atoms with E-state index in [0.717, 1.165) is 11.3 Å². The van der Waals surface area contributed by atoms with Gasteiger partial charge in [0.15, 0.2) is 0 Å². The van der Waals surface area contributed by atoms with Crippen LogP contribution >= 0.6 is 0 Å². The van der Waals surface area contributed by atoms with Crippen molar-refractivity contribution in [2.24, 2.45) is 0 Å². The topological polar surface area (TPSA) is 74.5 Å². The van der Waals surface area contributed by atoms with Crippen LogP contribution in [0.5, 0.6) is 11.8 Å². The van der Waals surface area contributed by atoms with Crippen LogP contribution < -0.4 is 9.47 Å². The van der Waals surface area contributed by atoms with E-state index in [1.807, 2.05) is 6.92 Å². The smallest absolute Gasteiger partial charge is 0.425 e. The SMILES string of the molecule is CCCC(=O)Oc1nc(-c2ccc(OC)cc2)no1. The van der Waals surface area contributed by atoms with Crippen LogP contribution in [0.1, 0.15) is 19.8 Å². The maximum atomic E-state index is 11.3. The van der Waals surface area contributed by atoms with Crippen LogP contribution in [0, 0.1) is 0 Å². The first-order valence-corrected chi connectivity index (χ1v) is 5.91. The van der Waals surface area contributed by atoms with E-state index in [2.05, 4.69) is 10.1 Å². The Balaban J connectivity index is 2.09. The summed E-state index contributed by atoms with van der Waals surface area (Å²) in [5.41, 5.74) is 0.752. The molecule has 0 amide bonds. The Morgan fingerprint density at radius 2 is 2.05 bits per heavy atom. The van der Waals surface area contributed by atoms with Crippen molar-refractivity contribution in [3.8, 4) is 23.2 Å². The highest BCUT2D eigenvalue weighted by Crippen LogP contribution is 2.21. The van der Waals surface area contributed by atoms with Gasteiger partial charge in [-0.1, -0.05) is 12.1 Å². The number of carbonyl (C=O) groups is 1. The Morgan fingerprint density at radius 1 is 1.32 bits per heavy atom. The Labute approximate surface area is 110 Å². The third-order valence-corrected chi connectivity index (χ3v) is 2.41. The molecule has 0 unspecified atom stereocenters. The molecule has 6 heteroatoms. The number of rotatable bonds is 5. The maximum Gasteiger partial charge on any atom is 0.425 e. The van der Waals surface area contributed by atoms with Crippen LogP contribution in [0.3, 0.4) is 0 Å². The van der Waals surface area contributed by atoms with Crippen LogP contribution in [0.4, 0.5) is 0 Å². The van der Waals surface area contributed by atoms with E-state index < -0.39 is 0 Å². The molecule has 0 atom stereocenters. The first-order chi connectivity index (χ1) is 9.22. The molecule has 0 spiro atoms. The number of methoxy groups -OCH3 is 1. The van der Waals surface area contributed by atoms with Crippen LogP contribution in [-0.4, -0.2) is 23.2 Å². The zero-order chi connectivity index (χ0) is 13.7. The fourth-order valence-corrected chi connectivity index (χ4v) is 1.46. The van der Waals surface area contributed by atoms with Crippen LogP contribution in [0.25, 0.3) is 11.4 Å². The van der Waals surface area contributed by atoms with Gasteiger partial charge in [0.2, 0.25) is 5.82 Å². The van der Waals surface area contributed by atoms with Crippen molar-refractivity contribution in [3.05, 3.63) is 24.3 Å². The van der Waals surface area contributed by atoms with Gasteiger partial charge in [0.05, 0.1) is 7.11 Å². The predicted octanol–water partition coefficient (Wildman–Crippen LogP) is 2.45. The molecule has 0 saturated carbocycles. The molecule has 0 fully saturated rings. The lowest BCUT2D eigenvalue weighted by molar-refractivity contribution is -0.136. The van der Waals surface area contributed by atoms with Crippen molar-refractivity contribution in [1.29, 1.82) is 0 Å². The summed E-state index contributed by atoms with van der Waals surface area (Å²) in [6.07, 6.45) is 0.891. The quantitative estimate of drug-likeness (QED) is 0.770. The van der Waals surface area contributed by atoms with Gasteiger partial charge in [-0.15, -0.1) is 0 Å². The van der Waals surface area contributed by atoms with Crippen molar-refractivity contribution in [2.45, 2.75) is 19.8 Å². The summed E-state index contributed by atoms with van der Waals surface area (Å²) in [6.45, 7) is 1.89. The minimum atomic E-state index is -0.382.